The molecule has 1 fully saturated rings. The number of carbonyl (C=O) groups is 1. The number of carbonyl (C=O) groups excluding carboxylic acids is 1. The molecule has 0 radical (unpaired) electrons. The third-order valence-corrected chi connectivity index (χ3v) is 5.02. The predicted octanol–water partition coefficient (Wildman–Crippen LogP) is 3.54. The lowest BCUT2D eigenvalue weighted by Crippen LogP contribution is -2.47. The Labute approximate surface area is 139 Å². The Morgan fingerprint density at radius 3 is 2.73 bits per heavy atom. The van der Waals surface area contributed by atoms with Crippen molar-refractivity contribution < 1.29 is 4.79 Å². The van der Waals surface area contributed by atoms with Crippen LogP contribution < -0.4 is 4.90 Å². The molecule has 0 spiro atoms. The molecule has 0 saturated carbocycles. The van der Waals surface area contributed by atoms with Crippen LogP contribution in [-0.4, -0.2) is 42.0 Å². The van der Waals surface area contributed by atoms with Gasteiger partial charge >= 0.3 is 0 Å². The Hall–Kier alpha value is -1.43. The van der Waals surface area contributed by atoms with Crippen LogP contribution in [0.25, 0.3) is 0 Å². The first-order valence-corrected chi connectivity index (χ1v) is 8.59. The molecule has 1 aliphatic rings. The Bertz CT molecular complexity index is 639. The SMILES string of the molecule is CN1CCC(N(C(=O)c2cccs2)c2cccc(Cl)n2)CC1. The van der Waals surface area contributed by atoms with Crippen molar-refractivity contribution in [1.29, 1.82) is 0 Å². The summed E-state index contributed by atoms with van der Waals surface area (Å²) in [5, 5.41) is 2.33. The first-order valence-electron chi connectivity index (χ1n) is 7.33. The highest BCUT2D eigenvalue weighted by Crippen LogP contribution is 2.26. The van der Waals surface area contributed by atoms with Crippen molar-refractivity contribution in [2.24, 2.45) is 0 Å². The molecule has 0 N–H and O–H groups in total. The van der Waals surface area contributed by atoms with Gasteiger partial charge in [-0.15, -0.1) is 11.3 Å². The van der Waals surface area contributed by atoms with Gasteiger partial charge < -0.3 is 4.90 Å². The average Bonchev–Trinajstić information content (AvgIpc) is 3.04. The second-order valence-electron chi connectivity index (χ2n) is 5.51. The lowest BCUT2D eigenvalue weighted by molar-refractivity contribution is 0.0966. The van der Waals surface area contributed by atoms with E-state index in [1.165, 1.54) is 11.3 Å². The van der Waals surface area contributed by atoms with Crippen molar-refractivity contribution in [1.82, 2.24) is 9.88 Å². The number of thiophene rings is 1. The summed E-state index contributed by atoms with van der Waals surface area (Å²) in [4.78, 5) is 22.1. The number of anilines is 1. The van der Waals surface area contributed by atoms with Gasteiger partial charge in [-0.2, -0.15) is 0 Å². The van der Waals surface area contributed by atoms with E-state index in [1.54, 1.807) is 6.07 Å². The summed E-state index contributed by atoms with van der Waals surface area (Å²) in [6.07, 6.45) is 1.89. The van der Waals surface area contributed by atoms with Gasteiger partial charge in [-0.25, -0.2) is 4.98 Å². The summed E-state index contributed by atoms with van der Waals surface area (Å²) in [7, 11) is 2.11. The predicted molar refractivity (Wildman–Crippen MR) is 90.9 cm³/mol. The van der Waals surface area contributed by atoms with Crippen LogP contribution in [0, 0.1) is 0 Å². The van der Waals surface area contributed by atoms with Crippen LogP contribution in [0.3, 0.4) is 0 Å². The molecule has 0 bridgehead atoms. The third-order valence-electron chi connectivity index (χ3n) is 3.95. The van der Waals surface area contributed by atoms with Crippen LogP contribution in [0.4, 0.5) is 5.82 Å². The van der Waals surface area contributed by atoms with Crippen molar-refractivity contribution in [3.63, 3.8) is 0 Å². The molecular formula is C16H18ClN3OS. The fourth-order valence-electron chi connectivity index (χ4n) is 2.76. The zero-order valence-electron chi connectivity index (χ0n) is 12.4. The van der Waals surface area contributed by atoms with Crippen molar-refractivity contribution in [3.8, 4) is 0 Å². The number of aromatic nitrogens is 1. The number of hydrogen-bond donors (Lipinski definition) is 0. The molecule has 1 amide bonds. The number of nitrogens with zero attached hydrogens (tertiary/aromatic N) is 3. The van der Waals surface area contributed by atoms with Crippen LogP contribution in [0.2, 0.25) is 5.15 Å². The van der Waals surface area contributed by atoms with Gasteiger partial charge in [0.15, 0.2) is 0 Å². The van der Waals surface area contributed by atoms with E-state index in [9.17, 15) is 4.79 Å². The van der Waals surface area contributed by atoms with Crippen molar-refractivity contribution in [2.75, 3.05) is 25.0 Å². The van der Waals surface area contributed by atoms with Gasteiger partial charge in [-0.3, -0.25) is 9.69 Å². The summed E-state index contributed by atoms with van der Waals surface area (Å²) in [5.41, 5.74) is 0. The Morgan fingerprint density at radius 2 is 2.09 bits per heavy atom. The standard InChI is InChI=1S/C16H18ClN3OS/c1-19-9-7-12(8-10-19)20(15-6-2-5-14(17)18-15)16(21)13-4-3-11-22-13/h2-6,11-12H,7-10H2,1H3. The van der Waals surface area contributed by atoms with Crippen LogP contribution >= 0.6 is 22.9 Å². The molecule has 0 aliphatic carbocycles. The molecule has 22 heavy (non-hydrogen) atoms. The molecule has 0 aromatic carbocycles. The fraction of sp³-hybridized carbons (Fsp3) is 0.375. The summed E-state index contributed by atoms with van der Waals surface area (Å²) in [5.74, 6) is 0.653. The summed E-state index contributed by atoms with van der Waals surface area (Å²) in [6, 6.07) is 9.35. The molecule has 0 atom stereocenters. The lowest BCUT2D eigenvalue weighted by atomic mass is 10.0. The lowest BCUT2D eigenvalue weighted by Gasteiger charge is -2.36. The van der Waals surface area contributed by atoms with E-state index in [4.69, 9.17) is 11.6 Å². The van der Waals surface area contributed by atoms with Gasteiger partial charge in [0.25, 0.3) is 5.91 Å². The van der Waals surface area contributed by atoms with E-state index < -0.39 is 0 Å². The zero-order valence-corrected chi connectivity index (χ0v) is 14.0. The summed E-state index contributed by atoms with van der Waals surface area (Å²) < 4.78 is 0. The van der Waals surface area contributed by atoms with Crippen LogP contribution in [0.15, 0.2) is 35.7 Å². The number of hydrogen-bond acceptors (Lipinski definition) is 4. The molecule has 6 heteroatoms. The zero-order chi connectivity index (χ0) is 15.5. The molecule has 4 nitrogen and oxygen atoms in total. The minimum absolute atomic E-state index is 0.0133. The van der Waals surface area contributed by atoms with E-state index >= 15 is 0 Å². The second-order valence-corrected chi connectivity index (χ2v) is 6.84. The second kappa shape index (κ2) is 6.77. The molecule has 1 aliphatic heterocycles. The van der Waals surface area contributed by atoms with Gasteiger partial charge in [-0.05, 0) is 56.6 Å². The number of amides is 1. The highest BCUT2D eigenvalue weighted by atomic mass is 35.5. The molecule has 3 heterocycles. The normalized spacial score (nSPS) is 16.6. The van der Waals surface area contributed by atoms with E-state index in [0.29, 0.717) is 11.0 Å². The third kappa shape index (κ3) is 3.32. The number of halogens is 1. The molecule has 116 valence electrons. The van der Waals surface area contributed by atoms with E-state index in [2.05, 4.69) is 16.9 Å². The minimum Gasteiger partial charge on any atom is -0.306 e. The first kappa shape index (κ1) is 15.5. The number of rotatable bonds is 3. The maximum Gasteiger partial charge on any atom is 0.269 e. The number of piperidine rings is 1. The molecule has 3 rings (SSSR count). The number of pyridine rings is 1. The Kier molecular flexibility index (Phi) is 4.76. The van der Waals surface area contributed by atoms with Crippen molar-refractivity contribution in [3.05, 3.63) is 45.7 Å². The van der Waals surface area contributed by atoms with Crippen LogP contribution in [0.1, 0.15) is 22.5 Å². The minimum atomic E-state index is 0.0133. The van der Waals surface area contributed by atoms with Gasteiger partial charge in [0.1, 0.15) is 11.0 Å². The van der Waals surface area contributed by atoms with E-state index in [-0.39, 0.29) is 11.9 Å². The molecule has 2 aromatic heterocycles. The Balaban J connectivity index is 1.93. The molecule has 0 unspecified atom stereocenters. The monoisotopic (exact) mass is 335 g/mol. The maximum absolute atomic E-state index is 12.9. The van der Waals surface area contributed by atoms with Gasteiger partial charge in [-0.1, -0.05) is 23.7 Å². The quantitative estimate of drug-likeness (QED) is 0.805. The Morgan fingerprint density at radius 1 is 1.32 bits per heavy atom. The highest BCUT2D eigenvalue weighted by molar-refractivity contribution is 7.12. The first-order chi connectivity index (χ1) is 10.6. The van der Waals surface area contributed by atoms with Crippen molar-refractivity contribution in [2.45, 2.75) is 18.9 Å². The van der Waals surface area contributed by atoms with Gasteiger partial charge in [0.2, 0.25) is 0 Å². The van der Waals surface area contributed by atoms with E-state index in [0.717, 1.165) is 30.8 Å². The summed E-state index contributed by atoms with van der Waals surface area (Å²) >= 11 is 7.49. The smallest absolute Gasteiger partial charge is 0.269 e. The summed E-state index contributed by atoms with van der Waals surface area (Å²) in [6.45, 7) is 1.97. The molecular weight excluding hydrogens is 318 g/mol. The van der Waals surface area contributed by atoms with Crippen molar-refractivity contribution >= 4 is 34.7 Å². The maximum atomic E-state index is 12.9. The molecule has 2 aromatic rings. The van der Waals surface area contributed by atoms with Crippen LogP contribution in [-0.2, 0) is 0 Å². The average molecular weight is 336 g/mol. The largest absolute Gasteiger partial charge is 0.306 e. The molecule has 1 saturated heterocycles. The van der Waals surface area contributed by atoms with Gasteiger partial charge in [0, 0.05) is 6.04 Å². The van der Waals surface area contributed by atoms with E-state index in [1.807, 2.05) is 34.5 Å². The highest BCUT2D eigenvalue weighted by Gasteiger charge is 2.30. The fourth-order valence-corrected chi connectivity index (χ4v) is 3.58. The number of likely N-dealkylation sites (tertiary alicyclic amines) is 1. The van der Waals surface area contributed by atoms with Crippen LogP contribution in [0.5, 0.6) is 0 Å². The topological polar surface area (TPSA) is 36.4 Å². The van der Waals surface area contributed by atoms with Gasteiger partial charge in [0.05, 0.1) is 4.88 Å².